The van der Waals surface area contributed by atoms with Crippen molar-refractivity contribution in [2.75, 3.05) is 0 Å². The first kappa shape index (κ1) is 16.4. The molecule has 25 heavy (non-hydrogen) atoms. The van der Waals surface area contributed by atoms with Gasteiger partial charge in [-0.25, -0.2) is 0 Å². The second kappa shape index (κ2) is 7.09. The van der Waals surface area contributed by atoms with Gasteiger partial charge in [-0.2, -0.15) is 0 Å². The number of benzene rings is 1. The molecule has 0 radical (unpaired) electrons. The Kier molecular flexibility index (Phi) is 4.65. The van der Waals surface area contributed by atoms with Gasteiger partial charge in [0.05, 0.1) is 0 Å². The molecule has 0 nitrogen and oxygen atoms in total. The minimum Gasteiger partial charge on any atom is -0.0620 e. The average molecular weight is 337 g/mol. The highest BCUT2D eigenvalue weighted by molar-refractivity contribution is 5.33. The molecule has 0 amide bonds. The van der Waals surface area contributed by atoms with E-state index in [1.54, 1.807) is 11.1 Å². The van der Waals surface area contributed by atoms with Crippen LogP contribution in [-0.4, -0.2) is 0 Å². The van der Waals surface area contributed by atoms with Gasteiger partial charge in [0.15, 0.2) is 0 Å². The second-order valence-corrected chi connectivity index (χ2v) is 9.84. The third-order valence-electron chi connectivity index (χ3n) is 8.75. The van der Waals surface area contributed by atoms with Gasteiger partial charge in [-0.1, -0.05) is 62.8 Å². The van der Waals surface area contributed by atoms with Crippen molar-refractivity contribution in [2.24, 2.45) is 29.6 Å². The minimum atomic E-state index is 0.894. The maximum Gasteiger partial charge on any atom is -0.0128 e. The van der Waals surface area contributed by atoms with Crippen molar-refractivity contribution in [3.05, 3.63) is 35.4 Å². The van der Waals surface area contributed by atoms with Gasteiger partial charge >= 0.3 is 0 Å². The zero-order valence-corrected chi connectivity index (χ0v) is 16.0. The third-order valence-corrected chi connectivity index (χ3v) is 8.75. The van der Waals surface area contributed by atoms with E-state index in [-0.39, 0.29) is 0 Å². The molecule has 1 aromatic rings. The van der Waals surface area contributed by atoms with Crippen LogP contribution in [0, 0.1) is 29.6 Å². The van der Waals surface area contributed by atoms with Crippen LogP contribution in [0.2, 0.25) is 0 Å². The number of hydrogen-bond donors (Lipinski definition) is 0. The maximum absolute atomic E-state index is 2.52. The van der Waals surface area contributed by atoms with Gasteiger partial charge in [0.2, 0.25) is 0 Å². The van der Waals surface area contributed by atoms with Crippen LogP contribution in [0.4, 0.5) is 0 Å². The molecule has 0 saturated heterocycles. The van der Waals surface area contributed by atoms with E-state index in [1.807, 2.05) is 0 Å². The Morgan fingerprint density at radius 1 is 0.640 bits per heavy atom. The largest absolute Gasteiger partial charge is 0.0620 e. The predicted molar refractivity (Wildman–Crippen MR) is 106 cm³/mol. The first-order valence-electron chi connectivity index (χ1n) is 11.5. The fourth-order valence-corrected chi connectivity index (χ4v) is 7.59. The van der Waals surface area contributed by atoms with Crippen molar-refractivity contribution < 1.29 is 0 Å². The molecule has 5 rings (SSSR count). The Labute approximate surface area is 154 Å². The lowest BCUT2D eigenvalue weighted by Gasteiger charge is -2.32. The van der Waals surface area contributed by atoms with Gasteiger partial charge < -0.3 is 0 Å². The first-order chi connectivity index (χ1) is 12.4. The summed E-state index contributed by atoms with van der Waals surface area (Å²) < 4.78 is 0. The van der Waals surface area contributed by atoms with Crippen molar-refractivity contribution in [1.82, 2.24) is 0 Å². The Morgan fingerprint density at radius 3 is 2.20 bits per heavy atom. The molecule has 1 aromatic carbocycles. The molecule has 0 heterocycles. The smallest absolute Gasteiger partial charge is 0.0128 e. The highest BCUT2D eigenvalue weighted by atomic mass is 14.5. The standard InChI is InChI=1S/C25H36/c1-4-10-22-18(7-1)13-14-21(22)17-20-9-3-6-12-24(20)25-16-15-19-8-2-5-11-23(19)25/h3,6,9,12,18-19,21-23,25H,1-2,4-5,7-8,10-11,13-17H2/t18-,19-,21?,22?,23?,25?/m0/s1. The summed E-state index contributed by atoms with van der Waals surface area (Å²) >= 11 is 0. The molecule has 0 heteroatoms. The summed E-state index contributed by atoms with van der Waals surface area (Å²) in [6.45, 7) is 0. The molecule has 4 fully saturated rings. The SMILES string of the molecule is c1ccc(C2CC[C@@H]3CCCCC23)c(CC2CC[C@@H]3CCCCC23)c1. The van der Waals surface area contributed by atoms with Crippen molar-refractivity contribution in [3.8, 4) is 0 Å². The lowest BCUT2D eigenvalue weighted by molar-refractivity contribution is 0.226. The van der Waals surface area contributed by atoms with E-state index in [1.165, 1.54) is 83.5 Å². The predicted octanol–water partition coefficient (Wildman–Crippen LogP) is 7.13. The molecule has 0 bridgehead atoms. The summed E-state index contributed by atoms with van der Waals surface area (Å²) in [5.41, 5.74) is 3.52. The highest BCUT2D eigenvalue weighted by Crippen LogP contribution is 2.52. The summed E-state index contributed by atoms with van der Waals surface area (Å²) in [6, 6.07) is 9.67. The summed E-state index contributed by atoms with van der Waals surface area (Å²) in [5.74, 6) is 6.11. The van der Waals surface area contributed by atoms with E-state index in [0.29, 0.717) is 0 Å². The maximum atomic E-state index is 2.52. The molecular weight excluding hydrogens is 300 g/mol. The molecular formula is C25H36. The van der Waals surface area contributed by atoms with Crippen LogP contribution in [0.3, 0.4) is 0 Å². The molecule has 0 spiro atoms. The van der Waals surface area contributed by atoms with E-state index < -0.39 is 0 Å². The van der Waals surface area contributed by atoms with E-state index >= 15 is 0 Å². The molecule has 0 aliphatic heterocycles. The van der Waals surface area contributed by atoms with E-state index in [4.69, 9.17) is 0 Å². The van der Waals surface area contributed by atoms with Crippen LogP contribution in [0.15, 0.2) is 24.3 Å². The summed E-state index contributed by atoms with van der Waals surface area (Å²) in [4.78, 5) is 0. The zero-order valence-electron chi connectivity index (χ0n) is 16.0. The van der Waals surface area contributed by atoms with Crippen molar-refractivity contribution in [1.29, 1.82) is 0 Å². The monoisotopic (exact) mass is 336 g/mol. The summed E-state index contributed by atoms with van der Waals surface area (Å²) in [5, 5.41) is 0. The van der Waals surface area contributed by atoms with Crippen LogP contribution >= 0.6 is 0 Å². The molecule has 0 aromatic heterocycles. The molecule has 4 unspecified atom stereocenters. The van der Waals surface area contributed by atoms with Crippen molar-refractivity contribution in [2.45, 2.75) is 89.4 Å². The van der Waals surface area contributed by atoms with Crippen molar-refractivity contribution >= 4 is 0 Å². The number of fused-ring (bicyclic) bond motifs is 2. The topological polar surface area (TPSA) is 0 Å². The van der Waals surface area contributed by atoms with Gasteiger partial charge in [0.1, 0.15) is 0 Å². The summed E-state index contributed by atoms with van der Waals surface area (Å²) in [6.07, 6.45) is 19.5. The molecule has 4 aliphatic carbocycles. The van der Waals surface area contributed by atoms with E-state index in [2.05, 4.69) is 24.3 Å². The fourth-order valence-electron chi connectivity index (χ4n) is 7.59. The van der Waals surface area contributed by atoms with Gasteiger partial charge in [-0.05, 0) is 91.6 Å². The van der Waals surface area contributed by atoms with E-state index in [0.717, 1.165) is 35.5 Å². The zero-order chi connectivity index (χ0) is 16.6. The van der Waals surface area contributed by atoms with Crippen LogP contribution in [0.5, 0.6) is 0 Å². The Hall–Kier alpha value is -0.780. The second-order valence-electron chi connectivity index (χ2n) is 9.84. The lowest BCUT2D eigenvalue weighted by Crippen LogP contribution is -2.22. The normalized spacial score (nSPS) is 40.6. The number of hydrogen-bond acceptors (Lipinski definition) is 0. The third kappa shape index (κ3) is 3.08. The molecule has 4 aliphatic rings. The quantitative estimate of drug-likeness (QED) is 0.550. The van der Waals surface area contributed by atoms with Gasteiger partial charge in [-0.15, -0.1) is 0 Å². The Balaban J connectivity index is 1.36. The van der Waals surface area contributed by atoms with Gasteiger partial charge in [0.25, 0.3) is 0 Å². The van der Waals surface area contributed by atoms with Gasteiger partial charge in [0, 0.05) is 0 Å². The lowest BCUT2D eigenvalue weighted by atomic mass is 9.73. The van der Waals surface area contributed by atoms with Crippen LogP contribution < -0.4 is 0 Å². The molecule has 6 atom stereocenters. The first-order valence-corrected chi connectivity index (χ1v) is 11.5. The highest BCUT2D eigenvalue weighted by Gasteiger charge is 2.40. The van der Waals surface area contributed by atoms with Crippen molar-refractivity contribution in [3.63, 3.8) is 0 Å². The van der Waals surface area contributed by atoms with Crippen LogP contribution in [0.25, 0.3) is 0 Å². The fraction of sp³-hybridized carbons (Fsp3) is 0.760. The number of rotatable bonds is 3. The summed E-state index contributed by atoms with van der Waals surface area (Å²) in [7, 11) is 0. The minimum absolute atomic E-state index is 0.894. The Morgan fingerprint density at radius 2 is 1.32 bits per heavy atom. The molecule has 136 valence electrons. The van der Waals surface area contributed by atoms with Crippen LogP contribution in [-0.2, 0) is 6.42 Å². The van der Waals surface area contributed by atoms with Crippen LogP contribution in [0.1, 0.15) is 94.1 Å². The van der Waals surface area contributed by atoms with Gasteiger partial charge in [-0.3, -0.25) is 0 Å². The Bertz CT molecular complexity index is 587. The molecule has 0 N–H and O–H groups in total. The molecule has 4 saturated carbocycles. The average Bonchev–Trinajstić information content (AvgIpc) is 3.27. The van der Waals surface area contributed by atoms with E-state index in [9.17, 15) is 0 Å².